The lowest BCUT2D eigenvalue weighted by Crippen LogP contribution is -2.30. The molecule has 0 fully saturated rings. The third-order valence-corrected chi connectivity index (χ3v) is 4.06. The van der Waals surface area contributed by atoms with E-state index < -0.39 is 22.8 Å². The maximum atomic E-state index is 13.8. The molecule has 0 heterocycles. The number of nitro groups is 1. The number of benzene rings is 3. The summed E-state index contributed by atoms with van der Waals surface area (Å²) in [4.78, 5) is 22.4. The van der Waals surface area contributed by atoms with Gasteiger partial charge in [-0.15, -0.1) is 0 Å². The number of ether oxygens (including phenoxy) is 1. The van der Waals surface area contributed by atoms with Crippen molar-refractivity contribution in [3.63, 3.8) is 0 Å². The first-order chi connectivity index (χ1) is 13.4. The van der Waals surface area contributed by atoms with E-state index in [0.717, 1.165) is 29.3 Å². The van der Waals surface area contributed by atoms with Gasteiger partial charge in [-0.25, -0.2) is 4.39 Å². The van der Waals surface area contributed by atoms with Crippen LogP contribution in [0.25, 0.3) is 11.1 Å². The fourth-order valence-electron chi connectivity index (χ4n) is 2.57. The number of nitrogens with zero attached hydrogens (tertiary/aromatic N) is 1. The molecule has 0 unspecified atom stereocenters. The molecule has 28 heavy (non-hydrogen) atoms. The Balaban J connectivity index is 1.66. The van der Waals surface area contributed by atoms with Crippen LogP contribution in [0.1, 0.15) is 6.92 Å². The topological polar surface area (TPSA) is 81.5 Å². The molecule has 7 heteroatoms. The Kier molecular flexibility index (Phi) is 5.64. The number of rotatable bonds is 6. The average Bonchev–Trinajstić information content (AvgIpc) is 2.70. The molecule has 0 aliphatic carbocycles. The third kappa shape index (κ3) is 4.50. The summed E-state index contributed by atoms with van der Waals surface area (Å²) in [5.74, 6) is -0.910. The Morgan fingerprint density at radius 3 is 2.32 bits per heavy atom. The summed E-state index contributed by atoms with van der Waals surface area (Å²) in [6, 6.07) is 19.9. The van der Waals surface area contributed by atoms with Crippen LogP contribution < -0.4 is 10.1 Å². The van der Waals surface area contributed by atoms with E-state index in [9.17, 15) is 19.3 Å². The number of non-ortho nitro benzene ring substituents is 1. The molecule has 1 atom stereocenters. The SMILES string of the molecule is C[C@@H](Oc1ccc(-c2ccccc2)cc1)C(=O)Nc1cc([N+](=O)[O-])ccc1F. The first-order valence-electron chi connectivity index (χ1n) is 8.51. The van der Waals surface area contributed by atoms with Crippen LogP contribution in [-0.2, 0) is 4.79 Å². The van der Waals surface area contributed by atoms with Crippen LogP contribution in [-0.4, -0.2) is 16.9 Å². The van der Waals surface area contributed by atoms with Gasteiger partial charge in [0, 0.05) is 12.1 Å². The normalized spacial score (nSPS) is 11.5. The van der Waals surface area contributed by atoms with Gasteiger partial charge < -0.3 is 10.1 Å². The highest BCUT2D eigenvalue weighted by Gasteiger charge is 2.18. The molecule has 0 bridgehead atoms. The summed E-state index contributed by atoms with van der Waals surface area (Å²) in [5, 5.41) is 13.1. The quantitative estimate of drug-likeness (QED) is 0.492. The van der Waals surface area contributed by atoms with Crippen LogP contribution in [0.2, 0.25) is 0 Å². The molecule has 0 radical (unpaired) electrons. The van der Waals surface area contributed by atoms with Gasteiger partial charge in [0.2, 0.25) is 0 Å². The molecule has 3 aromatic rings. The minimum Gasteiger partial charge on any atom is -0.481 e. The number of nitrogens with one attached hydrogen (secondary N) is 1. The molecule has 0 saturated carbocycles. The highest BCUT2D eigenvalue weighted by molar-refractivity contribution is 5.94. The van der Waals surface area contributed by atoms with E-state index >= 15 is 0 Å². The van der Waals surface area contributed by atoms with Crippen LogP contribution in [0.5, 0.6) is 5.75 Å². The second-order valence-electron chi connectivity index (χ2n) is 6.06. The van der Waals surface area contributed by atoms with Crippen LogP contribution >= 0.6 is 0 Å². The van der Waals surface area contributed by atoms with E-state index in [2.05, 4.69) is 5.32 Å². The maximum absolute atomic E-state index is 13.8. The van der Waals surface area contributed by atoms with Crippen molar-refractivity contribution in [3.05, 3.63) is 88.7 Å². The summed E-state index contributed by atoms with van der Waals surface area (Å²) in [6.45, 7) is 1.51. The molecule has 1 N–H and O–H groups in total. The Bertz CT molecular complexity index is 991. The molecule has 142 valence electrons. The highest BCUT2D eigenvalue weighted by Crippen LogP contribution is 2.24. The molecule has 3 aromatic carbocycles. The number of halogens is 1. The number of amides is 1. The van der Waals surface area contributed by atoms with E-state index in [0.29, 0.717) is 5.75 Å². The Labute approximate surface area is 160 Å². The first kappa shape index (κ1) is 19.0. The molecule has 0 spiro atoms. The number of hydrogen-bond acceptors (Lipinski definition) is 4. The van der Waals surface area contributed by atoms with Gasteiger partial charge in [-0.2, -0.15) is 0 Å². The van der Waals surface area contributed by atoms with E-state index in [-0.39, 0.29) is 11.4 Å². The zero-order valence-corrected chi connectivity index (χ0v) is 15.0. The molecule has 0 aliphatic rings. The summed E-state index contributed by atoms with van der Waals surface area (Å²) >= 11 is 0. The average molecular weight is 380 g/mol. The smallest absolute Gasteiger partial charge is 0.271 e. The number of carbonyl (C=O) groups is 1. The lowest BCUT2D eigenvalue weighted by molar-refractivity contribution is -0.384. The van der Waals surface area contributed by atoms with Crippen LogP contribution in [0.4, 0.5) is 15.8 Å². The Morgan fingerprint density at radius 1 is 1.04 bits per heavy atom. The van der Waals surface area contributed by atoms with Crippen molar-refractivity contribution in [3.8, 4) is 16.9 Å². The van der Waals surface area contributed by atoms with Crippen molar-refractivity contribution >= 4 is 17.3 Å². The van der Waals surface area contributed by atoms with Crippen LogP contribution in [0.15, 0.2) is 72.8 Å². The van der Waals surface area contributed by atoms with Crippen molar-refractivity contribution < 1.29 is 18.8 Å². The van der Waals surface area contributed by atoms with Crippen molar-refractivity contribution in [2.75, 3.05) is 5.32 Å². The Morgan fingerprint density at radius 2 is 1.68 bits per heavy atom. The molecule has 1 amide bonds. The number of nitro benzene ring substituents is 1. The maximum Gasteiger partial charge on any atom is 0.271 e. The van der Waals surface area contributed by atoms with E-state index in [1.54, 1.807) is 12.1 Å². The molecule has 0 aliphatic heterocycles. The predicted octanol–water partition coefficient (Wildman–Crippen LogP) is 4.81. The monoisotopic (exact) mass is 380 g/mol. The molecule has 0 aromatic heterocycles. The lowest BCUT2D eigenvalue weighted by Gasteiger charge is -2.15. The van der Waals surface area contributed by atoms with Gasteiger partial charge in [-0.3, -0.25) is 14.9 Å². The van der Waals surface area contributed by atoms with Gasteiger partial charge in [0.1, 0.15) is 11.6 Å². The molecule has 3 rings (SSSR count). The summed E-state index contributed by atoms with van der Waals surface area (Å²) in [6.07, 6.45) is -0.929. The van der Waals surface area contributed by atoms with Crippen molar-refractivity contribution in [1.82, 2.24) is 0 Å². The minimum absolute atomic E-state index is 0.269. The van der Waals surface area contributed by atoms with Crippen LogP contribution in [0, 0.1) is 15.9 Å². The van der Waals surface area contributed by atoms with Gasteiger partial charge in [0.25, 0.3) is 11.6 Å². The number of anilines is 1. The largest absolute Gasteiger partial charge is 0.481 e. The van der Waals surface area contributed by atoms with Gasteiger partial charge in [-0.05, 0) is 36.2 Å². The zero-order valence-electron chi connectivity index (χ0n) is 15.0. The number of carbonyl (C=O) groups excluding carboxylic acids is 1. The molecular formula is C21H17FN2O4. The predicted molar refractivity (Wildman–Crippen MR) is 104 cm³/mol. The summed E-state index contributed by atoms with van der Waals surface area (Å²) in [5.41, 5.74) is 1.47. The van der Waals surface area contributed by atoms with E-state index in [1.807, 2.05) is 42.5 Å². The van der Waals surface area contributed by atoms with E-state index in [1.165, 1.54) is 6.92 Å². The van der Waals surface area contributed by atoms with Gasteiger partial charge in [0.05, 0.1) is 10.6 Å². The van der Waals surface area contributed by atoms with Crippen molar-refractivity contribution in [1.29, 1.82) is 0 Å². The van der Waals surface area contributed by atoms with Gasteiger partial charge >= 0.3 is 0 Å². The molecular weight excluding hydrogens is 363 g/mol. The standard InChI is InChI=1S/C21H17FN2O4/c1-14(21(25)23-20-13-17(24(26)27)9-12-19(20)22)28-18-10-7-16(8-11-18)15-5-3-2-4-6-15/h2-14H,1H3,(H,23,25)/t14-/m1/s1. The van der Waals surface area contributed by atoms with Gasteiger partial charge in [-0.1, -0.05) is 42.5 Å². The van der Waals surface area contributed by atoms with Crippen LogP contribution in [0.3, 0.4) is 0 Å². The first-order valence-corrected chi connectivity index (χ1v) is 8.51. The summed E-state index contributed by atoms with van der Waals surface area (Å²) < 4.78 is 19.4. The van der Waals surface area contributed by atoms with E-state index in [4.69, 9.17) is 4.74 Å². The zero-order chi connectivity index (χ0) is 20.1. The summed E-state index contributed by atoms with van der Waals surface area (Å²) in [7, 11) is 0. The fraction of sp³-hybridized carbons (Fsp3) is 0.0952. The molecule has 0 saturated heterocycles. The Hall–Kier alpha value is -3.74. The highest BCUT2D eigenvalue weighted by atomic mass is 19.1. The lowest BCUT2D eigenvalue weighted by atomic mass is 10.1. The second kappa shape index (κ2) is 8.30. The minimum atomic E-state index is -0.929. The van der Waals surface area contributed by atoms with Crippen molar-refractivity contribution in [2.45, 2.75) is 13.0 Å². The second-order valence-corrected chi connectivity index (χ2v) is 6.06. The van der Waals surface area contributed by atoms with Crippen molar-refractivity contribution in [2.24, 2.45) is 0 Å². The molecule has 6 nitrogen and oxygen atoms in total. The van der Waals surface area contributed by atoms with Gasteiger partial charge in [0.15, 0.2) is 6.10 Å². The number of hydrogen-bond donors (Lipinski definition) is 1. The third-order valence-electron chi connectivity index (χ3n) is 4.06. The fourth-order valence-corrected chi connectivity index (χ4v) is 2.57.